The number of methoxy groups -OCH3 is 1. The van der Waals surface area contributed by atoms with Crippen LogP contribution in [-0.2, 0) is 10.3 Å². The predicted octanol–water partition coefficient (Wildman–Crippen LogP) is 3.52. The van der Waals surface area contributed by atoms with Crippen LogP contribution in [0.4, 0.5) is 0 Å². The fraction of sp³-hybridized carbons (Fsp3) is 0.500. The largest absolute Gasteiger partial charge is 0.458 e. The summed E-state index contributed by atoms with van der Waals surface area (Å²) in [6, 6.07) is 8.05. The minimum atomic E-state index is -0.833. The first-order chi connectivity index (χ1) is 9.12. The maximum atomic E-state index is 10.8. The minimum absolute atomic E-state index is 0.270. The summed E-state index contributed by atoms with van der Waals surface area (Å²) < 4.78 is 11.3. The number of hydrogen-bond acceptors (Lipinski definition) is 3. The standard InChI is InChI=1S/C16H20O3/c1-11-4-3-5-12-10-14(19-15(11)12)16(17)8-6-13(18-2)7-9-16/h3-5,10,13,17H,6-9H2,1-2H3. The maximum absolute atomic E-state index is 10.8. The van der Waals surface area contributed by atoms with Crippen molar-refractivity contribution in [2.75, 3.05) is 7.11 Å². The van der Waals surface area contributed by atoms with Gasteiger partial charge in [0.1, 0.15) is 16.9 Å². The Kier molecular flexibility index (Phi) is 3.11. The van der Waals surface area contributed by atoms with Crippen molar-refractivity contribution < 1.29 is 14.3 Å². The molecule has 3 heteroatoms. The van der Waals surface area contributed by atoms with Gasteiger partial charge < -0.3 is 14.3 Å². The van der Waals surface area contributed by atoms with Gasteiger partial charge in [0.05, 0.1) is 6.10 Å². The van der Waals surface area contributed by atoms with Crippen LogP contribution in [0.2, 0.25) is 0 Å². The lowest BCUT2D eigenvalue weighted by Gasteiger charge is -2.33. The van der Waals surface area contributed by atoms with Crippen molar-refractivity contribution in [1.29, 1.82) is 0 Å². The van der Waals surface area contributed by atoms with Crippen molar-refractivity contribution in [2.45, 2.75) is 44.3 Å². The third-order valence-corrected chi connectivity index (χ3v) is 4.29. The zero-order chi connectivity index (χ0) is 13.5. The van der Waals surface area contributed by atoms with Crippen molar-refractivity contribution in [3.63, 3.8) is 0 Å². The van der Waals surface area contributed by atoms with Gasteiger partial charge in [0, 0.05) is 12.5 Å². The number of aliphatic hydroxyl groups is 1. The van der Waals surface area contributed by atoms with Crippen LogP contribution < -0.4 is 0 Å². The van der Waals surface area contributed by atoms with Crippen LogP contribution >= 0.6 is 0 Å². The first-order valence-electron chi connectivity index (χ1n) is 6.87. The Morgan fingerprint density at radius 1 is 1.32 bits per heavy atom. The molecule has 0 spiro atoms. The second kappa shape index (κ2) is 4.66. The van der Waals surface area contributed by atoms with E-state index < -0.39 is 5.60 Å². The van der Waals surface area contributed by atoms with Crippen LogP contribution in [0.3, 0.4) is 0 Å². The zero-order valence-electron chi connectivity index (χ0n) is 11.5. The predicted molar refractivity (Wildman–Crippen MR) is 74.1 cm³/mol. The van der Waals surface area contributed by atoms with E-state index in [1.54, 1.807) is 7.11 Å². The molecule has 1 aliphatic carbocycles. The van der Waals surface area contributed by atoms with E-state index in [0.717, 1.165) is 29.4 Å². The van der Waals surface area contributed by atoms with E-state index in [4.69, 9.17) is 9.15 Å². The third kappa shape index (κ3) is 2.17. The Balaban J connectivity index is 1.93. The highest BCUT2D eigenvalue weighted by atomic mass is 16.5. The number of aryl methyl sites for hydroxylation is 1. The van der Waals surface area contributed by atoms with Gasteiger partial charge in [-0.1, -0.05) is 18.2 Å². The van der Waals surface area contributed by atoms with Crippen LogP contribution in [0, 0.1) is 6.92 Å². The van der Waals surface area contributed by atoms with Gasteiger partial charge in [-0.2, -0.15) is 0 Å². The quantitative estimate of drug-likeness (QED) is 0.898. The second-order valence-corrected chi connectivity index (χ2v) is 5.57. The highest BCUT2D eigenvalue weighted by Crippen LogP contribution is 2.40. The Morgan fingerprint density at radius 2 is 2.05 bits per heavy atom. The molecule has 1 heterocycles. The number of para-hydroxylation sites is 1. The fourth-order valence-electron chi connectivity index (χ4n) is 2.99. The first-order valence-corrected chi connectivity index (χ1v) is 6.87. The summed E-state index contributed by atoms with van der Waals surface area (Å²) in [5, 5.41) is 11.9. The second-order valence-electron chi connectivity index (χ2n) is 5.57. The lowest BCUT2D eigenvalue weighted by molar-refractivity contribution is -0.0592. The van der Waals surface area contributed by atoms with Gasteiger partial charge >= 0.3 is 0 Å². The van der Waals surface area contributed by atoms with Gasteiger partial charge in [0.2, 0.25) is 0 Å². The minimum Gasteiger partial charge on any atom is -0.458 e. The lowest BCUT2D eigenvalue weighted by atomic mass is 9.81. The molecule has 1 saturated carbocycles. The molecule has 1 aromatic heterocycles. The monoisotopic (exact) mass is 260 g/mol. The fourth-order valence-corrected chi connectivity index (χ4v) is 2.99. The molecule has 0 atom stereocenters. The van der Waals surface area contributed by atoms with Crippen LogP contribution in [0.5, 0.6) is 0 Å². The Morgan fingerprint density at radius 3 is 2.68 bits per heavy atom. The van der Waals surface area contributed by atoms with Crippen molar-refractivity contribution in [3.8, 4) is 0 Å². The molecular weight excluding hydrogens is 240 g/mol. The molecule has 1 N–H and O–H groups in total. The molecule has 0 aliphatic heterocycles. The topological polar surface area (TPSA) is 42.6 Å². The van der Waals surface area contributed by atoms with Crippen molar-refractivity contribution in [3.05, 3.63) is 35.6 Å². The molecular formula is C16H20O3. The van der Waals surface area contributed by atoms with Gasteiger partial charge in [0.15, 0.2) is 0 Å². The van der Waals surface area contributed by atoms with E-state index in [-0.39, 0.29) is 6.10 Å². The summed E-state index contributed by atoms with van der Waals surface area (Å²) in [6.45, 7) is 2.03. The smallest absolute Gasteiger partial charge is 0.137 e. The van der Waals surface area contributed by atoms with E-state index in [9.17, 15) is 5.11 Å². The van der Waals surface area contributed by atoms with E-state index in [2.05, 4.69) is 0 Å². The number of ether oxygens (including phenoxy) is 1. The van der Waals surface area contributed by atoms with Crippen molar-refractivity contribution in [2.24, 2.45) is 0 Å². The third-order valence-electron chi connectivity index (χ3n) is 4.29. The summed E-state index contributed by atoms with van der Waals surface area (Å²) >= 11 is 0. The lowest BCUT2D eigenvalue weighted by Crippen LogP contribution is -2.33. The van der Waals surface area contributed by atoms with Gasteiger partial charge in [-0.15, -0.1) is 0 Å². The maximum Gasteiger partial charge on any atom is 0.137 e. The molecule has 0 radical (unpaired) electrons. The van der Waals surface area contributed by atoms with Gasteiger partial charge in [-0.05, 0) is 44.2 Å². The summed E-state index contributed by atoms with van der Waals surface area (Å²) in [4.78, 5) is 0. The van der Waals surface area contributed by atoms with Gasteiger partial charge in [-0.3, -0.25) is 0 Å². The highest BCUT2D eigenvalue weighted by Gasteiger charge is 2.37. The molecule has 2 aromatic rings. The van der Waals surface area contributed by atoms with E-state index in [1.165, 1.54) is 0 Å². The SMILES string of the molecule is COC1CCC(O)(c2cc3cccc(C)c3o2)CC1. The molecule has 19 heavy (non-hydrogen) atoms. The van der Waals surface area contributed by atoms with E-state index in [0.29, 0.717) is 18.6 Å². The Bertz CT molecular complexity index is 577. The number of furan rings is 1. The normalized spacial score (nSPS) is 27.8. The highest BCUT2D eigenvalue weighted by molar-refractivity contribution is 5.81. The zero-order valence-corrected chi connectivity index (χ0v) is 11.5. The first kappa shape index (κ1) is 12.7. The number of rotatable bonds is 2. The summed E-state index contributed by atoms with van der Waals surface area (Å²) in [6.07, 6.45) is 3.42. The molecule has 3 nitrogen and oxygen atoms in total. The number of benzene rings is 1. The van der Waals surface area contributed by atoms with E-state index in [1.807, 2.05) is 31.2 Å². The van der Waals surface area contributed by atoms with Crippen LogP contribution in [-0.4, -0.2) is 18.3 Å². The molecule has 1 fully saturated rings. The molecule has 3 rings (SSSR count). The molecule has 0 amide bonds. The molecule has 0 unspecified atom stereocenters. The Labute approximate surface area is 113 Å². The number of fused-ring (bicyclic) bond motifs is 1. The van der Waals surface area contributed by atoms with Crippen molar-refractivity contribution in [1.82, 2.24) is 0 Å². The molecule has 1 aromatic carbocycles. The Hall–Kier alpha value is -1.32. The molecule has 1 aliphatic rings. The van der Waals surface area contributed by atoms with Gasteiger partial charge in [0.25, 0.3) is 0 Å². The molecule has 102 valence electrons. The average molecular weight is 260 g/mol. The summed E-state index contributed by atoms with van der Waals surface area (Å²) in [5.74, 6) is 0.700. The van der Waals surface area contributed by atoms with E-state index >= 15 is 0 Å². The molecule has 0 bridgehead atoms. The molecule has 0 saturated heterocycles. The van der Waals surface area contributed by atoms with Crippen molar-refractivity contribution >= 4 is 11.0 Å². The average Bonchev–Trinajstić information content (AvgIpc) is 2.86. The summed E-state index contributed by atoms with van der Waals surface area (Å²) in [5.41, 5.74) is 1.17. The van der Waals surface area contributed by atoms with Gasteiger partial charge in [-0.25, -0.2) is 0 Å². The van der Waals surface area contributed by atoms with Crippen LogP contribution in [0.25, 0.3) is 11.0 Å². The summed E-state index contributed by atoms with van der Waals surface area (Å²) in [7, 11) is 1.74. The van der Waals surface area contributed by atoms with Crippen LogP contribution in [0.15, 0.2) is 28.7 Å². The number of hydrogen-bond donors (Lipinski definition) is 1. The van der Waals surface area contributed by atoms with Crippen LogP contribution in [0.1, 0.15) is 37.0 Å².